The second-order valence-corrected chi connectivity index (χ2v) is 8.63. The monoisotopic (exact) mass is 412 g/mol. The van der Waals surface area contributed by atoms with Crippen molar-refractivity contribution in [1.82, 2.24) is 9.55 Å². The number of carbonyl (C=O) groups excluding carboxylic acids is 2. The standard InChI is InChI=1S/C20H20N4O2S2/c21-18(26)17-14-7-4-8-15(14)28-19(17)23-16(25)12-27-20-22-9-10-24(20)11-13-5-2-1-3-6-13/h1-3,5-6,9-10H,4,7-8,11-12H2,(H2,21,26)(H,23,25). The molecule has 144 valence electrons. The normalized spacial score (nSPS) is 12.7. The summed E-state index contributed by atoms with van der Waals surface area (Å²) in [5.41, 5.74) is 8.22. The molecular weight excluding hydrogens is 392 g/mol. The second-order valence-electron chi connectivity index (χ2n) is 6.59. The Morgan fingerprint density at radius 2 is 2.07 bits per heavy atom. The van der Waals surface area contributed by atoms with Crippen molar-refractivity contribution >= 4 is 39.9 Å². The third kappa shape index (κ3) is 3.98. The first-order chi connectivity index (χ1) is 13.6. The number of fused-ring (bicyclic) bond motifs is 1. The summed E-state index contributed by atoms with van der Waals surface area (Å²) >= 11 is 2.84. The van der Waals surface area contributed by atoms with Crippen LogP contribution in [-0.2, 0) is 24.2 Å². The predicted molar refractivity (Wildman–Crippen MR) is 112 cm³/mol. The topological polar surface area (TPSA) is 90.0 Å². The van der Waals surface area contributed by atoms with Crippen LogP contribution in [0.1, 0.15) is 32.8 Å². The summed E-state index contributed by atoms with van der Waals surface area (Å²) in [5.74, 6) is -0.422. The smallest absolute Gasteiger partial charge is 0.251 e. The Hall–Kier alpha value is -2.58. The van der Waals surface area contributed by atoms with Crippen molar-refractivity contribution < 1.29 is 9.59 Å². The van der Waals surface area contributed by atoms with Crippen molar-refractivity contribution in [2.45, 2.75) is 31.0 Å². The highest BCUT2D eigenvalue weighted by Gasteiger charge is 2.26. The molecular formula is C20H20N4O2S2. The molecule has 0 saturated carbocycles. The van der Waals surface area contributed by atoms with E-state index in [-0.39, 0.29) is 11.7 Å². The Balaban J connectivity index is 1.40. The van der Waals surface area contributed by atoms with E-state index < -0.39 is 5.91 Å². The number of anilines is 1. The lowest BCUT2D eigenvalue weighted by molar-refractivity contribution is -0.113. The zero-order valence-electron chi connectivity index (χ0n) is 15.2. The number of carbonyl (C=O) groups is 2. The molecule has 0 fully saturated rings. The molecule has 3 N–H and O–H groups in total. The first kappa shape index (κ1) is 18.8. The van der Waals surface area contributed by atoms with Gasteiger partial charge in [-0.05, 0) is 30.4 Å². The van der Waals surface area contributed by atoms with Gasteiger partial charge in [-0.1, -0.05) is 42.1 Å². The predicted octanol–water partition coefficient (Wildman–Crippen LogP) is 3.31. The SMILES string of the molecule is NC(=O)c1c(NC(=O)CSc2nccn2Cc2ccccc2)sc2c1CCC2. The van der Waals surface area contributed by atoms with Crippen LogP contribution in [0.25, 0.3) is 0 Å². The lowest BCUT2D eigenvalue weighted by Crippen LogP contribution is -2.19. The molecule has 3 aromatic rings. The van der Waals surface area contributed by atoms with Gasteiger partial charge >= 0.3 is 0 Å². The van der Waals surface area contributed by atoms with Crippen LogP contribution in [0, 0.1) is 0 Å². The van der Waals surface area contributed by atoms with Gasteiger partial charge in [-0.3, -0.25) is 9.59 Å². The van der Waals surface area contributed by atoms with Gasteiger partial charge in [0.1, 0.15) is 5.00 Å². The Morgan fingerprint density at radius 1 is 1.25 bits per heavy atom. The molecule has 0 aliphatic heterocycles. The number of nitrogens with two attached hydrogens (primary N) is 1. The van der Waals surface area contributed by atoms with E-state index in [1.54, 1.807) is 6.20 Å². The first-order valence-electron chi connectivity index (χ1n) is 9.04. The third-order valence-electron chi connectivity index (χ3n) is 4.63. The number of aromatic nitrogens is 2. The van der Waals surface area contributed by atoms with Crippen molar-refractivity contribution in [2.24, 2.45) is 5.73 Å². The van der Waals surface area contributed by atoms with E-state index in [1.165, 1.54) is 28.7 Å². The van der Waals surface area contributed by atoms with Gasteiger partial charge in [-0.2, -0.15) is 0 Å². The molecule has 0 bridgehead atoms. The molecule has 0 saturated heterocycles. The minimum absolute atomic E-state index is 0.165. The molecule has 0 spiro atoms. The van der Waals surface area contributed by atoms with Crippen LogP contribution in [0.4, 0.5) is 5.00 Å². The number of aryl methyl sites for hydroxylation is 1. The summed E-state index contributed by atoms with van der Waals surface area (Å²) in [6.45, 7) is 0.703. The third-order valence-corrected chi connectivity index (χ3v) is 6.84. The van der Waals surface area contributed by atoms with Crippen molar-refractivity contribution in [3.8, 4) is 0 Å². The van der Waals surface area contributed by atoms with Gasteiger partial charge in [-0.15, -0.1) is 11.3 Å². The molecule has 2 amide bonds. The van der Waals surface area contributed by atoms with E-state index in [2.05, 4.69) is 22.4 Å². The van der Waals surface area contributed by atoms with E-state index in [1.807, 2.05) is 29.0 Å². The number of benzene rings is 1. The summed E-state index contributed by atoms with van der Waals surface area (Å²) in [7, 11) is 0. The summed E-state index contributed by atoms with van der Waals surface area (Å²) in [6, 6.07) is 10.1. The van der Waals surface area contributed by atoms with Gasteiger partial charge in [-0.25, -0.2) is 4.98 Å². The summed E-state index contributed by atoms with van der Waals surface area (Å²) in [6.07, 6.45) is 6.48. The fraction of sp³-hybridized carbons (Fsp3) is 0.250. The molecule has 0 radical (unpaired) electrons. The molecule has 4 rings (SSSR count). The highest BCUT2D eigenvalue weighted by molar-refractivity contribution is 7.99. The lowest BCUT2D eigenvalue weighted by Gasteiger charge is -2.08. The number of nitrogens with one attached hydrogen (secondary N) is 1. The minimum atomic E-state index is -0.472. The highest BCUT2D eigenvalue weighted by Crippen LogP contribution is 2.38. The maximum Gasteiger partial charge on any atom is 0.251 e. The van der Waals surface area contributed by atoms with E-state index in [9.17, 15) is 9.59 Å². The van der Waals surface area contributed by atoms with Crippen molar-refractivity contribution in [2.75, 3.05) is 11.1 Å². The Morgan fingerprint density at radius 3 is 2.86 bits per heavy atom. The van der Waals surface area contributed by atoms with Crippen LogP contribution >= 0.6 is 23.1 Å². The van der Waals surface area contributed by atoms with Crippen LogP contribution in [0.5, 0.6) is 0 Å². The number of hydrogen-bond acceptors (Lipinski definition) is 5. The average molecular weight is 413 g/mol. The van der Waals surface area contributed by atoms with Gasteiger partial charge in [0.15, 0.2) is 5.16 Å². The highest BCUT2D eigenvalue weighted by atomic mass is 32.2. The van der Waals surface area contributed by atoms with E-state index >= 15 is 0 Å². The number of thiophene rings is 1. The molecule has 28 heavy (non-hydrogen) atoms. The number of primary amides is 1. The molecule has 8 heteroatoms. The largest absolute Gasteiger partial charge is 0.365 e. The molecule has 2 heterocycles. The number of rotatable bonds is 7. The van der Waals surface area contributed by atoms with Crippen LogP contribution in [-0.4, -0.2) is 27.1 Å². The van der Waals surface area contributed by atoms with E-state index in [0.29, 0.717) is 17.1 Å². The van der Waals surface area contributed by atoms with Crippen LogP contribution < -0.4 is 11.1 Å². The molecule has 0 unspecified atom stereocenters. The van der Waals surface area contributed by atoms with Gasteiger partial charge in [0.25, 0.3) is 5.91 Å². The van der Waals surface area contributed by atoms with Crippen molar-refractivity contribution in [1.29, 1.82) is 0 Å². The maximum atomic E-state index is 12.5. The minimum Gasteiger partial charge on any atom is -0.365 e. The van der Waals surface area contributed by atoms with Gasteiger partial charge in [0.2, 0.25) is 5.91 Å². The number of hydrogen-bond donors (Lipinski definition) is 2. The van der Waals surface area contributed by atoms with Crippen molar-refractivity contribution in [3.05, 3.63) is 64.3 Å². The van der Waals surface area contributed by atoms with Crippen LogP contribution in [0.3, 0.4) is 0 Å². The summed E-state index contributed by atoms with van der Waals surface area (Å²) in [4.78, 5) is 29.8. The Labute approximate surface area is 171 Å². The Kier molecular flexibility index (Phi) is 5.50. The fourth-order valence-electron chi connectivity index (χ4n) is 3.38. The number of imidazole rings is 1. The molecule has 6 nitrogen and oxygen atoms in total. The van der Waals surface area contributed by atoms with E-state index in [4.69, 9.17) is 5.73 Å². The molecule has 1 aromatic carbocycles. The molecule has 1 aliphatic rings. The van der Waals surface area contributed by atoms with Gasteiger partial charge in [0, 0.05) is 23.8 Å². The zero-order chi connectivity index (χ0) is 19.5. The van der Waals surface area contributed by atoms with Crippen LogP contribution in [0.2, 0.25) is 0 Å². The molecule has 0 atom stereocenters. The summed E-state index contributed by atoms with van der Waals surface area (Å²) < 4.78 is 2.02. The maximum absolute atomic E-state index is 12.5. The lowest BCUT2D eigenvalue weighted by atomic mass is 10.1. The molecule has 2 aromatic heterocycles. The average Bonchev–Trinajstić information content (AvgIpc) is 3.36. The fourth-order valence-corrected chi connectivity index (χ4v) is 5.45. The van der Waals surface area contributed by atoms with Crippen LogP contribution in [0.15, 0.2) is 47.9 Å². The number of nitrogens with zero attached hydrogens (tertiary/aromatic N) is 2. The molecule has 1 aliphatic carbocycles. The number of thioether (sulfide) groups is 1. The first-order valence-corrected chi connectivity index (χ1v) is 10.8. The van der Waals surface area contributed by atoms with E-state index in [0.717, 1.165) is 34.9 Å². The summed E-state index contributed by atoms with van der Waals surface area (Å²) in [5, 5.41) is 4.23. The Bertz CT molecular complexity index is 1010. The zero-order valence-corrected chi connectivity index (χ0v) is 16.8. The van der Waals surface area contributed by atoms with Gasteiger partial charge in [0.05, 0.1) is 11.3 Å². The quantitative estimate of drug-likeness (QED) is 0.583. The van der Waals surface area contributed by atoms with Crippen molar-refractivity contribution in [3.63, 3.8) is 0 Å². The number of amides is 2. The van der Waals surface area contributed by atoms with Gasteiger partial charge < -0.3 is 15.6 Å². The second kappa shape index (κ2) is 8.20.